The number of nitrogens with zero attached hydrogens (tertiary/aromatic N) is 2. The molecule has 0 saturated carbocycles. The minimum Gasteiger partial charge on any atom is -0.493 e. The number of methoxy groups -OCH3 is 3. The molecule has 1 fully saturated rings. The summed E-state index contributed by atoms with van der Waals surface area (Å²) in [5, 5.41) is 3.13. The molecule has 1 aliphatic heterocycles. The van der Waals surface area contributed by atoms with Gasteiger partial charge < -0.3 is 18.9 Å². The molecule has 8 nitrogen and oxygen atoms in total. The van der Waals surface area contributed by atoms with E-state index in [1.807, 2.05) is 0 Å². The molecule has 1 aliphatic rings. The molecule has 2 aromatic rings. The van der Waals surface area contributed by atoms with E-state index in [-0.39, 0.29) is 12.4 Å². The number of hydrogen-bond donors (Lipinski definition) is 1. The summed E-state index contributed by atoms with van der Waals surface area (Å²) in [7, 11) is 4.53. The van der Waals surface area contributed by atoms with Crippen molar-refractivity contribution < 1.29 is 23.7 Å². The van der Waals surface area contributed by atoms with Crippen LogP contribution in [0.5, 0.6) is 17.2 Å². The maximum absolute atomic E-state index is 12.8. The maximum atomic E-state index is 12.8. The molecule has 0 amide bonds. The van der Waals surface area contributed by atoms with Gasteiger partial charge in [0, 0.05) is 11.8 Å². The Hall–Kier alpha value is -2.71. The number of benzene rings is 1. The van der Waals surface area contributed by atoms with Gasteiger partial charge >= 0.3 is 0 Å². The lowest BCUT2D eigenvalue weighted by atomic mass is 10.0. The first-order valence-corrected chi connectivity index (χ1v) is 7.65. The second kappa shape index (κ2) is 7.45. The Kier molecular flexibility index (Phi) is 5.11. The summed E-state index contributed by atoms with van der Waals surface area (Å²) in [5.74, 6) is 1.17. The number of nitrogens with one attached hydrogen (secondary N) is 1. The Bertz CT molecular complexity index is 728. The van der Waals surface area contributed by atoms with E-state index >= 15 is 0 Å². The topological polar surface area (TPSA) is 91.8 Å². The summed E-state index contributed by atoms with van der Waals surface area (Å²) < 4.78 is 21.5. The molecule has 0 radical (unpaired) electrons. The molecule has 132 valence electrons. The highest BCUT2D eigenvalue weighted by molar-refractivity contribution is 6.01. The van der Waals surface area contributed by atoms with Crippen molar-refractivity contribution in [2.45, 2.75) is 12.3 Å². The van der Waals surface area contributed by atoms with Gasteiger partial charge in [-0.15, -0.1) is 0 Å². The molecule has 0 bridgehead atoms. The van der Waals surface area contributed by atoms with E-state index in [2.05, 4.69) is 15.3 Å². The van der Waals surface area contributed by atoms with Gasteiger partial charge in [-0.05, 0) is 18.2 Å². The Morgan fingerprint density at radius 3 is 2.48 bits per heavy atom. The average Bonchev–Trinajstić information content (AvgIpc) is 3.17. The minimum absolute atomic E-state index is 0.129. The molecule has 1 aromatic carbocycles. The third-order valence-corrected chi connectivity index (χ3v) is 3.92. The van der Waals surface area contributed by atoms with Crippen LogP contribution in [-0.4, -0.2) is 49.7 Å². The van der Waals surface area contributed by atoms with Crippen LogP contribution in [0.3, 0.4) is 0 Å². The number of Topliss-reactive ketones (excluding diaryl/α,β-unsaturated/α-hetero) is 1. The van der Waals surface area contributed by atoms with Crippen LogP contribution in [0.1, 0.15) is 22.3 Å². The van der Waals surface area contributed by atoms with Crippen LogP contribution < -0.4 is 19.5 Å². The van der Waals surface area contributed by atoms with Gasteiger partial charge in [0.15, 0.2) is 23.5 Å². The predicted octanol–water partition coefficient (Wildman–Crippen LogP) is 1.37. The third kappa shape index (κ3) is 3.40. The quantitative estimate of drug-likeness (QED) is 0.785. The van der Waals surface area contributed by atoms with Crippen molar-refractivity contribution >= 4 is 5.78 Å². The first-order chi connectivity index (χ1) is 12.2. The highest BCUT2D eigenvalue weighted by atomic mass is 16.5. The number of ether oxygens (including phenoxy) is 4. The monoisotopic (exact) mass is 345 g/mol. The Balaban J connectivity index is 1.82. The number of aromatic nitrogens is 2. The molecule has 2 atom stereocenters. The molecule has 25 heavy (non-hydrogen) atoms. The van der Waals surface area contributed by atoms with Crippen LogP contribution in [0.15, 0.2) is 30.7 Å². The highest BCUT2D eigenvalue weighted by Gasteiger charge is 2.33. The van der Waals surface area contributed by atoms with Gasteiger partial charge in [0.25, 0.3) is 0 Å². The molecule has 0 spiro atoms. The van der Waals surface area contributed by atoms with Gasteiger partial charge in [0.2, 0.25) is 5.75 Å². The summed E-state index contributed by atoms with van der Waals surface area (Å²) in [6, 6.07) is 4.50. The van der Waals surface area contributed by atoms with Crippen molar-refractivity contribution in [1.82, 2.24) is 15.3 Å². The highest BCUT2D eigenvalue weighted by Crippen LogP contribution is 2.38. The third-order valence-electron chi connectivity index (χ3n) is 3.92. The summed E-state index contributed by atoms with van der Waals surface area (Å²) >= 11 is 0. The molecule has 8 heteroatoms. The van der Waals surface area contributed by atoms with Gasteiger partial charge in [-0.3, -0.25) is 10.1 Å². The van der Waals surface area contributed by atoms with Crippen molar-refractivity contribution in [2.24, 2.45) is 0 Å². The lowest BCUT2D eigenvalue weighted by molar-refractivity contribution is 0.0897. The zero-order valence-corrected chi connectivity index (χ0v) is 14.2. The first-order valence-electron chi connectivity index (χ1n) is 7.65. The van der Waals surface area contributed by atoms with Crippen LogP contribution >= 0.6 is 0 Å². The van der Waals surface area contributed by atoms with Crippen LogP contribution in [0.2, 0.25) is 0 Å². The van der Waals surface area contributed by atoms with Crippen LogP contribution in [0.4, 0.5) is 0 Å². The molecule has 3 rings (SSSR count). The number of hydrogen-bond acceptors (Lipinski definition) is 8. The zero-order valence-electron chi connectivity index (χ0n) is 14.2. The molecule has 1 aromatic heterocycles. The smallest absolute Gasteiger partial charge is 0.203 e. The Morgan fingerprint density at radius 2 is 1.92 bits per heavy atom. The van der Waals surface area contributed by atoms with Gasteiger partial charge in [-0.2, -0.15) is 0 Å². The summed E-state index contributed by atoms with van der Waals surface area (Å²) in [6.45, 7) is 0.240. The molecule has 1 saturated heterocycles. The number of rotatable bonds is 6. The van der Waals surface area contributed by atoms with E-state index in [1.54, 1.807) is 24.4 Å². The van der Waals surface area contributed by atoms with E-state index in [9.17, 15) is 4.79 Å². The van der Waals surface area contributed by atoms with E-state index in [0.29, 0.717) is 28.5 Å². The van der Waals surface area contributed by atoms with Gasteiger partial charge in [-0.25, -0.2) is 9.97 Å². The van der Waals surface area contributed by atoms with Crippen molar-refractivity contribution in [3.05, 3.63) is 42.0 Å². The predicted molar refractivity (Wildman–Crippen MR) is 88.1 cm³/mol. The summed E-state index contributed by atoms with van der Waals surface area (Å²) in [4.78, 5) is 20.8. The fourth-order valence-electron chi connectivity index (χ4n) is 2.67. The lowest BCUT2D eigenvalue weighted by Gasteiger charge is -2.15. The van der Waals surface area contributed by atoms with Gasteiger partial charge in [0.1, 0.15) is 6.33 Å². The molecule has 2 unspecified atom stereocenters. The normalized spacial score (nSPS) is 19.5. The largest absolute Gasteiger partial charge is 0.493 e. The van der Waals surface area contributed by atoms with Crippen LogP contribution in [0.25, 0.3) is 0 Å². The summed E-state index contributed by atoms with van der Waals surface area (Å²) in [5.41, 5.74) is 1.12. The van der Waals surface area contributed by atoms with E-state index in [1.165, 1.54) is 27.7 Å². The van der Waals surface area contributed by atoms with E-state index in [0.717, 1.165) is 0 Å². The maximum Gasteiger partial charge on any atom is 0.203 e. The Labute approximate surface area is 145 Å². The molecule has 1 N–H and O–H groups in total. The number of ketones is 1. The molecular formula is C17H19N3O5. The van der Waals surface area contributed by atoms with E-state index < -0.39 is 12.3 Å². The number of carbonyl (C=O) groups is 1. The van der Waals surface area contributed by atoms with Crippen LogP contribution in [-0.2, 0) is 4.74 Å². The number of carbonyl (C=O) groups excluding carboxylic acids is 1. The van der Waals surface area contributed by atoms with E-state index in [4.69, 9.17) is 18.9 Å². The zero-order chi connectivity index (χ0) is 17.8. The van der Waals surface area contributed by atoms with Gasteiger partial charge in [-0.1, -0.05) is 0 Å². The lowest BCUT2D eigenvalue weighted by Crippen LogP contribution is -2.34. The van der Waals surface area contributed by atoms with Gasteiger partial charge in [0.05, 0.1) is 39.7 Å². The summed E-state index contributed by atoms with van der Waals surface area (Å²) in [6.07, 6.45) is 2.62. The molecule has 0 aliphatic carbocycles. The first kappa shape index (κ1) is 17.1. The second-order valence-electron chi connectivity index (χ2n) is 5.35. The average molecular weight is 345 g/mol. The SMILES string of the molecule is COc1cc(C(=O)C2COC(c3ccncn3)N2)cc(OC)c1OC. The second-order valence-corrected chi connectivity index (χ2v) is 5.35. The Morgan fingerprint density at radius 1 is 1.20 bits per heavy atom. The minimum atomic E-state index is -0.497. The van der Waals surface area contributed by atoms with Crippen molar-refractivity contribution in [1.29, 1.82) is 0 Å². The van der Waals surface area contributed by atoms with Crippen LogP contribution in [0, 0.1) is 0 Å². The van der Waals surface area contributed by atoms with Crippen molar-refractivity contribution in [3.8, 4) is 17.2 Å². The van der Waals surface area contributed by atoms with Crippen molar-refractivity contribution in [3.63, 3.8) is 0 Å². The molecule has 2 heterocycles. The fourth-order valence-corrected chi connectivity index (χ4v) is 2.67. The van der Waals surface area contributed by atoms with Crippen molar-refractivity contribution in [2.75, 3.05) is 27.9 Å². The fraction of sp³-hybridized carbons (Fsp3) is 0.353. The molecular weight excluding hydrogens is 326 g/mol. The standard InChI is InChI=1S/C17H19N3O5/c1-22-13-6-10(7-14(23-2)16(13)24-3)15(21)12-8-25-17(20-12)11-4-5-18-9-19-11/h4-7,9,12,17,20H,8H2,1-3H3.